The van der Waals surface area contributed by atoms with Gasteiger partial charge in [0.2, 0.25) is 0 Å². The van der Waals surface area contributed by atoms with Crippen molar-refractivity contribution in [2.75, 3.05) is 40.8 Å². The lowest BCUT2D eigenvalue weighted by atomic mass is 10.1. The molecule has 1 aromatic carbocycles. The molecule has 3 nitrogen and oxygen atoms in total. The van der Waals surface area contributed by atoms with Crippen molar-refractivity contribution in [1.29, 1.82) is 0 Å². The average molecular weight is 274 g/mol. The first-order valence-corrected chi connectivity index (χ1v) is 6.33. The third-order valence-electron chi connectivity index (χ3n) is 2.98. The lowest BCUT2D eigenvalue weighted by molar-refractivity contribution is 0.219. The summed E-state index contributed by atoms with van der Waals surface area (Å²) in [6, 6.07) is 4.62. The molecule has 0 radical (unpaired) electrons. The summed E-state index contributed by atoms with van der Waals surface area (Å²) in [5.41, 5.74) is 6.36. The largest absolute Gasteiger partial charge is 0.329 e. The standard InChI is InChI=1S/C13H21ClFN3/c1-17(2)6-7-18(3)13(9-16)11-5-4-10(14)8-12(11)15/h4-5,8,13H,6-7,9,16H2,1-3H3. The van der Waals surface area contributed by atoms with E-state index in [1.54, 1.807) is 12.1 Å². The molecule has 1 rings (SSSR count). The molecule has 102 valence electrons. The van der Waals surface area contributed by atoms with E-state index in [0.717, 1.165) is 13.1 Å². The van der Waals surface area contributed by atoms with Crippen LogP contribution in [0.5, 0.6) is 0 Å². The lowest BCUT2D eigenvalue weighted by Gasteiger charge is -2.28. The van der Waals surface area contributed by atoms with Gasteiger partial charge in [-0.15, -0.1) is 0 Å². The molecule has 1 aromatic rings. The van der Waals surface area contributed by atoms with Gasteiger partial charge in [-0.3, -0.25) is 4.90 Å². The average Bonchev–Trinajstić information content (AvgIpc) is 2.30. The minimum atomic E-state index is -0.297. The molecule has 0 aliphatic heterocycles. The zero-order valence-corrected chi connectivity index (χ0v) is 11.9. The van der Waals surface area contributed by atoms with Crippen LogP contribution in [0, 0.1) is 5.82 Å². The number of nitrogens with zero attached hydrogens (tertiary/aromatic N) is 2. The van der Waals surface area contributed by atoms with Gasteiger partial charge in [0, 0.05) is 36.3 Å². The summed E-state index contributed by atoms with van der Waals surface area (Å²) in [5.74, 6) is -0.297. The summed E-state index contributed by atoms with van der Waals surface area (Å²) in [6.07, 6.45) is 0. The predicted molar refractivity (Wildman–Crippen MR) is 74.4 cm³/mol. The second kappa shape index (κ2) is 7.04. The van der Waals surface area contributed by atoms with Crippen LogP contribution < -0.4 is 5.73 Å². The Labute approximate surface area is 113 Å². The van der Waals surface area contributed by atoms with E-state index >= 15 is 0 Å². The molecule has 0 spiro atoms. The molecule has 0 saturated carbocycles. The van der Waals surface area contributed by atoms with E-state index in [2.05, 4.69) is 9.80 Å². The van der Waals surface area contributed by atoms with Gasteiger partial charge in [0.15, 0.2) is 0 Å². The Morgan fingerprint density at radius 2 is 1.94 bits per heavy atom. The normalized spacial score (nSPS) is 13.3. The maximum atomic E-state index is 13.9. The first-order chi connectivity index (χ1) is 8.45. The highest BCUT2D eigenvalue weighted by Crippen LogP contribution is 2.23. The van der Waals surface area contributed by atoms with Crippen molar-refractivity contribution < 1.29 is 4.39 Å². The molecule has 0 amide bonds. The van der Waals surface area contributed by atoms with Crippen LogP contribution in [0.25, 0.3) is 0 Å². The molecule has 1 atom stereocenters. The maximum absolute atomic E-state index is 13.9. The van der Waals surface area contributed by atoms with Crippen molar-refractivity contribution in [1.82, 2.24) is 9.80 Å². The third kappa shape index (κ3) is 4.21. The Morgan fingerprint density at radius 3 is 2.44 bits per heavy atom. The van der Waals surface area contributed by atoms with E-state index in [1.807, 2.05) is 21.1 Å². The molecule has 0 bridgehead atoms. The van der Waals surface area contributed by atoms with E-state index in [4.69, 9.17) is 17.3 Å². The van der Waals surface area contributed by atoms with E-state index in [1.165, 1.54) is 6.07 Å². The summed E-state index contributed by atoms with van der Waals surface area (Å²) in [6.45, 7) is 2.11. The summed E-state index contributed by atoms with van der Waals surface area (Å²) >= 11 is 5.76. The van der Waals surface area contributed by atoms with E-state index < -0.39 is 0 Å². The first kappa shape index (κ1) is 15.4. The van der Waals surface area contributed by atoms with Crippen LogP contribution in [0.1, 0.15) is 11.6 Å². The Bertz CT molecular complexity index is 384. The fourth-order valence-electron chi connectivity index (χ4n) is 1.83. The highest BCUT2D eigenvalue weighted by atomic mass is 35.5. The van der Waals surface area contributed by atoms with Crippen molar-refractivity contribution in [3.8, 4) is 0 Å². The van der Waals surface area contributed by atoms with Gasteiger partial charge in [-0.25, -0.2) is 4.39 Å². The highest BCUT2D eigenvalue weighted by Gasteiger charge is 2.19. The number of nitrogens with two attached hydrogens (primary N) is 1. The van der Waals surface area contributed by atoms with E-state index in [0.29, 0.717) is 17.1 Å². The monoisotopic (exact) mass is 273 g/mol. The van der Waals surface area contributed by atoms with Gasteiger partial charge in [0.1, 0.15) is 5.82 Å². The van der Waals surface area contributed by atoms with Crippen molar-refractivity contribution in [3.63, 3.8) is 0 Å². The number of benzene rings is 1. The molecule has 18 heavy (non-hydrogen) atoms. The molecule has 1 unspecified atom stereocenters. The second-order valence-corrected chi connectivity index (χ2v) is 5.14. The predicted octanol–water partition coefficient (Wildman–Crippen LogP) is 1.97. The van der Waals surface area contributed by atoms with Crippen LogP contribution in [0.3, 0.4) is 0 Å². The quantitative estimate of drug-likeness (QED) is 0.860. The van der Waals surface area contributed by atoms with Gasteiger partial charge in [-0.05, 0) is 33.3 Å². The van der Waals surface area contributed by atoms with E-state index in [-0.39, 0.29) is 11.9 Å². The fourth-order valence-corrected chi connectivity index (χ4v) is 1.99. The highest BCUT2D eigenvalue weighted by molar-refractivity contribution is 6.30. The molecule has 0 aliphatic carbocycles. The summed E-state index contributed by atoms with van der Waals surface area (Å²) in [5, 5.41) is 0.406. The molecule has 0 heterocycles. The molecule has 5 heteroatoms. The van der Waals surface area contributed by atoms with Crippen LogP contribution in [0.4, 0.5) is 4.39 Å². The van der Waals surface area contributed by atoms with Crippen molar-refractivity contribution in [2.24, 2.45) is 5.73 Å². The van der Waals surface area contributed by atoms with Crippen LogP contribution in [0.2, 0.25) is 5.02 Å². The van der Waals surface area contributed by atoms with Gasteiger partial charge in [-0.2, -0.15) is 0 Å². The minimum Gasteiger partial charge on any atom is -0.329 e. The Hall–Kier alpha value is -0.680. The smallest absolute Gasteiger partial charge is 0.129 e. The lowest BCUT2D eigenvalue weighted by Crippen LogP contribution is -2.35. The van der Waals surface area contributed by atoms with Gasteiger partial charge < -0.3 is 10.6 Å². The SMILES string of the molecule is CN(C)CCN(C)C(CN)c1ccc(Cl)cc1F. The molecule has 0 fully saturated rings. The molecule has 0 saturated heterocycles. The molecular weight excluding hydrogens is 253 g/mol. The Kier molecular flexibility index (Phi) is 6.02. The van der Waals surface area contributed by atoms with Crippen LogP contribution in [-0.2, 0) is 0 Å². The van der Waals surface area contributed by atoms with Crippen molar-refractivity contribution in [2.45, 2.75) is 6.04 Å². The van der Waals surface area contributed by atoms with Gasteiger partial charge >= 0.3 is 0 Å². The molecule has 2 N–H and O–H groups in total. The number of hydrogen-bond donors (Lipinski definition) is 1. The topological polar surface area (TPSA) is 32.5 Å². The van der Waals surface area contributed by atoms with Gasteiger partial charge in [0.05, 0.1) is 0 Å². The Balaban J connectivity index is 2.81. The maximum Gasteiger partial charge on any atom is 0.129 e. The fraction of sp³-hybridized carbons (Fsp3) is 0.538. The summed E-state index contributed by atoms with van der Waals surface area (Å²) in [4.78, 5) is 4.15. The molecular formula is C13H21ClFN3. The second-order valence-electron chi connectivity index (χ2n) is 4.70. The Morgan fingerprint density at radius 1 is 1.28 bits per heavy atom. The van der Waals surface area contributed by atoms with Crippen LogP contribution in [-0.4, -0.2) is 50.6 Å². The number of halogens is 2. The van der Waals surface area contributed by atoms with Crippen LogP contribution >= 0.6 is 11.6 Å². The zero-order chi connectivity index (χ0) is 13.7. The summed E-state index contributed by atoms with van der Waals surface area (Å²) in [7, 11) is 5.97. The first-order valence-electron chi connectivity index (χ1n) is 5.95. The molecule has 0 aliphatic rings. The zero-order valence-electron chi connectivity index (χ0n) is 11.2. The third-order valence-corrected chi connectivity index (χ3v) is 3.21. The van der Waals surface area contributed by atoms with Gasteiger partial charge in [0.25, 0.3) is 0 Å². The van der Waals surface area contributed by atoms with Crippen LogP contribution in [0.15, 0.2) is 18.2 Å². The van der Waals surface area contributed by atoms with Crippen molar-refractivity contribution >= 4 is 11.6 Å². The van der Waals surface area contributed by atoms with Crippen molar-refractivity contribution in [3.05, 3.63) is 34.6 Å². The number of hydrogen-bond acceptors (Lipinski definition) is 3. The van der Waals surface area contributed by atoms with E-state index in [9.17, 15) is 4.39 Å². The number of likely N-dealkylation sites (N-methyl/N-ethyl adjacent to an activating group) is 2. The van der Waals surface area contributed by atoms with Gasteiger partial charge in [-0.1, -0.05) is 17.7 Å². The minimum absolute atomic E-state index is 0.123. The summed E-state index contributed by atoms with van der Waals surface area (Å²) < 4.78 is 13.9. The number of rotatable bonds is 6. The molecule has 0 aromatic heterocycles.